The van der Waals surface area contributed by atoms with Gasteiger partial charge >= 0.3 is 6.03 Å². The van der Waals surface area contributed by atoms with E-state index in [2.05, 4.69) is 15.6 Å². The molecule has 122 valence electrons. The van der Waals surface area contributed by atoms with Gasteiger partial charge in [-0.05, 0) is 36.2 Å². The van der Waals surface area contributed by atoms with Crippen molar-refractivity contribution in [3.63, 3.8) is 0 Å². The van der Waals surface area contributed by atoms with Crippen molar-refractivity contribution in [2.75, 3.05) is 11.9 Å². The van der Waals surface area contributed by atoms with E-state index in [0.29, 0.717) is 5.69 Å². The van der Waals surface area contributed by atoms with E-state index in [1.54, 1.807) is 6.20 Å². The number of aromatic nitrogens is 1. The molecule has 0 unspecified atom stereocenters. The van der Waals surface area contributed by atoms with Crippen molar-refractivity contribution in [3.05, 3.63) is 71.9 Å². The second-order valence-corrected chi connectivity index (χ2v) is 5.63. The Balaban J connectivity index is 1.80. The average Bonchev–Trinajstić information content (AvgIpc) is 2.60. The number of hydrogen-bond acceptors (Lipinski definition) is 3. The fourth-order valence-electron chi connectivity index (χ4n) is 2.67. The predicted molar refractivity (Wildman–Crippen MR) is 94.9 cm³/mol. The first-order chi connectivity index (χ1) is 11.7. The van der Waals surface area contributed by atoms with E-state index in [0.717, 1.165) is 22.0 Å². The molecular weight excluding hydrogens is 302 g/mol. The SMILES string of the molecule is Cc1cc(NC(=O)N[C@H](CO)c2ccccc2)c2ncccc2c1. The number of anilines is 1. The van der Waals surface area contributed by atoms with Gasteiger partial charge in [-0.2, -0.15) is 0 Å². The van der Waals surface area contributed by atoms with Gasteiger partial charge < -0.3 is 15.7 Å². The molecule has 0 radical (unpaired) electrons. The number of aliphatic hydroxyl groups is 1. The van der Waals surface area contributed by atoms with E-state index in [1.165, 1.54) is 0 Å². The van der Waals surface area contributed by atoms with Crippen LogP contribution in [0.5, 0.6) is 0 Å². The highest BCUT2D eigenvalue weighted by Crippen LogP contribution is 2.23. The van der Waals surface area contributed by atoms with Gasteiger partial charge in [-0.3, -0.25) is 4.98 Å². The number of fused-ring (bicyclic) bond motifs is 1. The number of aliphatic hydroxyl groups excluding tert-OH is 1. The molecule has 3 N–H and O–H groups in total. The smallest absolute Gasteiger partial charge is 0.319 e. The Morgan fingerprint density at radius 2 is 1.96 bits per heavy atom. The lowest BCUT2D eigenvalue weighted by molar-refractivity contribution is 0.225. The molecule has 24 heavy (non-hydrogen) atoms. The third kappa shape index (κ3) is 3.52. The summed E-state index contributed by atoms with van der Waals surface area (Å²) in [7, 11) is 0. The zero-order chi connectivity index (χ0) is 16.9. The van der Waals surface area contributed by atoms with Gasteiger partial charge in [0.2, 0.25) is 0 Å². The van der Waals surface area contributed by atoms with Crippen LogP contribution in [-0.4, -0.2) is 22.7 Å². The molecule has 1 heterocycles. The first-order valence-corrected chi connectivity index (χ1v) is 7.76. The van der Waals surface area contributed by atoms with Crippen LogP contribution in [0.1, 0.15) is 17.2 Å². The molecule has 3 rings (SSSR count). The number of hydrogen-bond donors (Lipinski definition) is 3. The minimum Gasteiger partial charge on any atom is -0.394 e. The number of nitrogens with one attached hydrogen (secondary N) is 2. The van der Waals surface area contributed by atoms with Gasteiger partial charge in [0.05, 0.1) is 23.9 Å². The Kier molecular flexibility index (Phi) is 4.72. The molecule has 3 aromatic rings. The fraction of sp³-hybridized carbons (Fsp3) is 0.158. The molecule has 2 amide bonds. The molecule has 0 saturated carbocycles. The Morgan fingerprint density at radius 1 is 1.17 bits per heavy atom. The highest BCUT2D eigenvalue weighted by atomic mass is 16.3. The molecule has 0 fully saturated rings. The van der Waals surface area contributed by atoms with E-state index in [-0.39, 0.29) is 12.6 Å². The third-order valence-electron chi connectivity index (χ3n) is 3.79. The largest absolute Gasteiger partial charge is 0.394 e. The predicted octanol–water partition coefficient (Wildman–Crippen LogP) is 3.40. The first-order valence-electron chi connectivity index (χ1n) is 7.76. The molecule has 1 aromatic heterocycles. The van der Waals surface area contributed by atoms with Crippen LogP contribution >= 0.6 is 0 Å². The van der Waals surface area contributed by atoms with E-state index >= 15 is 0 Å². The molecular formula is C19H19N3O2. The first kappa shape index (κ1) is 16.0. The Labute approximate surface area is 140 Å². The molecule has 0 aliphatic heterocycles. The minimum absolute atomic E-state index is 0.176. The molecule has 0 bridgehead atoms. The lowest BCUT2D eigenvalue weighted by Crippen LogP contribution is -2.34. The summed E-state index contributed by atoms with van der Waals surface area (Å²) >= 11 is 0. The summed E-state index contributed by atoms with van der Waals surface area (Å²) < 4.78 is 0. The number of urea groups is 1. The standard InChI is InChI=1S/C19H19N3O2/c1-13-10-15-8-5-9-20-18(15)16(11-13)21-19(24)22-17(12-23)14-6-3-2-4-7-14/h2-11,17,23H,12H2,1H3,(H2,21,22,24)/t17-/m1/s1. The van der Waals surface area contributed by atoms with Crippen molar-refractivity contribution in [1.82, 2.24) is 10.3 Å². The summed E-state index contributed by atoms with van der Waals surface area (Å²) in [6.07, 6.45) is 1.70. The van der Waals surface area contributed by atoms with E-state index in [4.69, 9.17) is 0 Å². The van der Waals surface area contributed by atoms with Crippen LogP contribution in [0.2, 0.25) is 0 Å². The molecule has 5 heteroatoms. The van der Waals surface area contributed by atoms with E-state index in [1.807, 2.05) is 61.5 Å². The molecule has 0 aliphatic rings. The molecule has 0 aliphatic carbocycles. The molecule has 2 aromatic carbocycles. The van der Waals surface area contributed by atoms with Crippen molar-refractivity contribution >= 4 is 22.6 Å². The van der Waals surface area contributed by atoms with Gasteiger partial charge in [-0.25, -0.2) is 4.79 Å². The van der Waals surface area contributed by atoms with Crippen LogP contribution in [0.3, 0.4) is 0 Å². The lowest BCUT2D eigenvalue weighted by atomic mass is 10.1. The van der Waals surface area contributed by atoms with Gasteiger partial charge in [0.15, 0.2) is 0 Å². The van der Waals surface area contributed by atoms with Crippen LogP contribution in [0.25, 0.3) is 10.9 Å². The highest BCUT2D eigenvalue weighted by molar-refractivity contribution is 6.00. The monoisotopic (exact) mass is 321 g/mol. The van der Waals surface area contributed by atoms with E-state index < -0.39 is 6.04 Å². The third-order valence-corrected chi connectivity index (χ3v) is 3.79. The van der Waals surface area contributed by atoms with Crippen LogP contribution in [0.15, 0.2) is 60.8 Å². The number of nitrogens with zero attached hydrogens (tertiary/aromatic N) is 1. The van der Waals surface area contributed by atoms with Crippen LogP contribution < -0.4 is 10.6 Å². The summed E-state index contributed by atoms with van der Waals surface area (Å²) in [5.41, 5.74) is 3.27. The maximum atomic E-state index is 12.3. The second kappa shape index (κ2) is 7.10. The number of pyridine rings is 1. The molecule has 1 atom stereocenters. The van der Waals surface area contributed by atoms with Crippen LogP contribution in [-0.2, 0) is 0 Å². The van der Waals surface area contributed by atoms with Gasteiger partial charge in [0, 0.05) is 11.6 Å². The van der Waals surface area contributed by atoms with Gasteiger partial charge in [0.25, 0.3) is 0 Å². The van der Waals surface area contributed by atoms with E-state index in [9.17, 15) is 9.90 Å². The zero-order valence-electron chi connectivity index (χ0n) is 13.4. The van der Waals surface area contributed by atoms with Gasteiger partial charge in [-0.15, -0.1) is 0 Å². The normalized spacial score (nSPS) is 11.9. The van der Waals surface area contributed by atoms with Crippen LogP contribution in [0.4, 0.5) is 10.5 Å². The van der Waals surface area contributed by atoms with Crippen molar-refractivity contribution in [1.29, 1.82) is 0 Å². The maximum Gasteiger partial charge on any atom is 0.319 e. The number of rotatable bonds is 4. The summed E-state index contributed by atoms with van der Waals surface area (Å²) in [4.78, 5) is 16.7. The summed E-state index contributed by atoms with van der Waals surface area (Å²) in [5, 5.41) is 16.1. The minimum atomic E-state index is -0.463. The molecule has 0 saturated heterocycles. The van der Waals surface area contributed by atoms with Crippen LogP contribution in [0, 0.1) is 6.92 Å². The van der Waals surface area contributed by atoms with Crippen molar-refractivity contribution < 1.29 is 9.90 Å². The summed E-state index contributed by atoms with van der Waals surface area (Å²) in [6, 6.07) is 16.2. The summed E-state index contributed by atoms with van der Waals surface area (Å²) in [6.45, 7) is 1.79. The molecule has 5 nitrogen and oxygen atoms in total. The Bertz CT molecular complexity index is 850. The van der Waals surface area contributed by atoms with Crippen molar-refractivity contribution in [2.24, 2.45) is 0 Å². The number of benzene rings is 2. The highest BCUT2D eigenvalue weighted by Gasteiger charge is 2.14. The van der Waals surface area contributed by atoms with Crippen molar-refractivity contribution in [3.8, 4) is 0 Å². The number of amides is 2. The fourth-order valence-corrected chi connectivity index (χ4v) is 2.67. The maximum absolute atomic E-state index is 12.3. The zero-order valence-corrected chi connectivity index (χ0v) is 13.4. The molecule has 0 spiro atoms. The topological polar surface area (TPSA) is 74.2 Å². The summed E-state index contributed by atoms with van der Waals surface area (Å²) in [5.74, 6) is 0. The second-order valence-electron chi connectivity index (χ2n) is 5.63. The number of carbonyl (C=O) groups excluding carboxylic acids is 1. The Hall–Kier alpha value is -2.92. The lowest BCUT2D eigenvalue weighted by Gasteiger charge is -2.18. The number of aryl methyl sites for hydroxylation is 1. The Morgan fingerprint density at radius 3 is 2.71 bits per heavy atom. The quantitative estimate of drug-likeness (QED) is 0.689. The van der Waals surface area contributed by atoms with Gasteiger partial charge in [0.1, 0.15) is 0 Å². The number of carbonyl (C=O) groups is 1. The van der Waals surface area contributed by atoms with Crippen molar-refractivity contribution in [2.45, 2.75) is 13.0 Å². The van der Waals surface area contributed by atoms with Gasteiger partial charge in [-0.1, -0.05) is 36.4 Å². The average molecular weight is 321 g/mol.